The van der Waals surface area contributed by atoms with Gasteiger partial charge in [0.05, 0.1) is 29.5 Å². The molecular formula is C26H25F2N5O. The van der Waals surface area contributed by atoms with Crippen molar-refractivity contribution in [2.24, 2.45) is 0 Å². The van der Waals surface area contributed by atoms with E-state index in [2.05, 4.69) is 10.4 Å². The van der Waals surface area contributed by atoms with Crippen LogP contribution in [-0.2, 0) is 6.54 Å². The molecule has 5 rings (SSSR count). The first kappa shape index (κ1) is 22.0. The molecule has 1 amide bonds. The van der Waals surface area contributed by atoms with Crippen LogP contribution in [-0.4, -0.2) is 39.7 Å². The number of alkyl halides is 2. The first-order chi connectivity index (χ1) is 16.5. The van der Waals surface area contributed by atoms with E-state index in [0.29, 0.717) is 36.6 Å². The molecule has 4 aromatic rings. The predicted molar refractivity (Wildman–Crippen MR) is 128 cm³/mol. The molecule has 6 nitrogen and oxygen atoms in total. The molecule has 1 N–H and O–H groups in total. The first-order valence-corrected chi connectivity index (χ1v) is 11.4. The smallest absolute Gasteiger partial charge is 0.259 e. The maximum atomic E-state index is 14.0. The molecule has 174 valence electrons. The summed E-state index contributed by atoms with van der Waals surface area (Å²) in [5.74, 6) is -2.60. The second-order valence-corrected chi connectivity index (χ2v) is 8.62. The molecule has 0 atom stereocenters. The van der Waals surface area contributed by atoms with Gasteiger partial charge in [0.2, 0.25) is 5.92 Å². The molecule has 3 heterocycles. The summed E-state index contributed by atoms with van der Waals surface area (Å²) in [6.07, 6.45) is 3.30. The normalized spacial score (nSPS) is 15.8. The minimum absolute atomic E-state index is 0.146. The molecule has 2 aromatic carbocycles. The number of aromatic nitrogens is 3. The molecule has 2 aromatic heterocycles. The molecular weight excluding hydrogens is 436 g/mol. The van der Waals surface area contributed by atoms with Crippen molar-refractivity contribution >= 4 is 28.3 Å². The monoisotopic (exact) mass is 461 g/mol. The molecule has 1 aliphatic rings. The van der Waals surface area contributed by atoms with Gasteiger partial charge in [-0.05, 0) is 24.1 Å². The molecule has 0 aliphatic carbocycles. The van der Waals surface area contributed by atoms with Gasteiger partial charge in [0.1, 0.15) is 5.82 Å². The Bertz CT molecular complexity index is 1310. The zero-order chi connectivity index (χ0) is 23.5. The molecule has 0 saturated carbocycles. The van der Waals surface area contributed by atoms with E-state index in [1.165, 1.54) is 0 Å². The number of para-hydroxylation sites is 1. The van der Waals surface area contributed by atoms with Gasteiger partial charge in [0.25, 0.3) is 5.91 Å². The van der Waals surface area contributed by atoms with Gasteiger partial charge in [-0.25, -0.2) is 13.8 Å². The number of pyridine rings is 1. The van der Waals surface area contributed by atoms with Crippen LogP contribution >= 0.6 is 0 Å². The van der Waals surface area contributed by atoms with E-state index in [9.17, 15) is 13.6 Å². The van der Waals surface area contributed by atoms with E-state index in [1.807, 2.05) is 54.6 Å². The van der Waals surface area contributed by atoms with E-state index in [4.69, 9.17) is 4.98 Å². The number of amides is 1. The largest absolute Gasteiger partial charge is 0.356 e. The number of hydrogen-bond acceptors (Lipinski definition) is 4. The molecule has 0 unspecified atom stereocenters. The molecule has 0 spiro atoms. The Hall–Kier alpha value is -3.81. The summed E-state index contributed by atoms with van der Waals surface area (Å²) in [4.78, 5) is 19.9. The van der Waals surface area contributed by atoms with Crippen molar-refractivity contribution in [3.05, 3.63) is 84.2 Å². The number of benzene rings is 2. The van der Waals surface area contributed by atoms with Crippen molar-refractivity contribution in [2.45, 2.75) is 31.7 Å². The number of hydrogen-bond donors (Lipinski definition) is 1. The fourth-order valence-corrected chi connectivity index (χ4v) is 4.27. The third-order valence-corrected chi connectivity index (χ3v) is 6.04. The molecule has 1 saturated heterocycles. The third-order valence-electron chi connectivity index (χ3n) is 6.04. The van der Waals surface area contributed by atoms with Crippen LogP contribution in [0.1, 0.15) is 35.2 Å². The van der Waals surface area contributed by atoms with Crippen molar-refractivity contribution in [3.8, 4) is 0 Å². The number of nitrogens with zero attached hydrogens (tertiary/aromatic N) is 4. The molecule has 1 fully saturated rings. The summed E-state index contributed by atoms with van der Waals surface area (Å²) in [5.41, 5.74) is 2.74. The van der Waals surface area contributed by atoms with E-state index < -0.39 is 5.92 Å². The van der Waals surface area contributed by atoms with Gasteiger partial charge in [-0.2, -0.15) is 5.10 Å². The zero-order valence-electron chi connectivity index (χ0n) is 18.6. The fraction of sp³-hybridized carbons (Fsp3) is 0.269. The van der Waals surface area contributed by atoms with Crippen LogP contribution in [0, 0.1) is 0 Å². The standard InChI is InChI=1S/C26H25F2N5O/c27-26(28)11-6-13-32(14-12-26)24-22(15-20-9-4-5-10-23(20)31-24)25(34)30-21-16-29-33(18-21)17-19-7-2-1-3-8-19/h1-5,7-10,15-16,18H,6,11-14,17H2,(H,30,34). The Morgan fingerprint density at radius 2 is 1.82 bits per heavy atom. The van der Waals surface area contributed by atoms with E-state index >= 15 is 0 Å². The Morgan fingerprint density at radius 1 is 1.03 bits per heavy atom. The number of anilines is 2. The zero-order valence-corrected chi connectivity index (χ0v) is 18.6. The molecule has 34 heavy (non-hydrogen) atoms. The van der Waals surface area contributed by atoms with Gasteiger partial charge in [-0.15, -0.1) is 0 Å². The van der Waals surface area contributed by atoms with Gasteiger partial charge in [0.15, 0.2) is 0 Å². The van der Waals surface area contributed by atoms with Gasteiger partial charge < -0.3 is 10.2 Å². The summed E-state index contributed by atoms with van der Waals surface area (Å²) >= 11 is 0. The lowest BCUT2D eigenvalue weighted by Crippen LogP contribution is -2.29. The highest BCUT2D eigenvalue weighted by Crippen LogP contribution is 2.32. The van der Waals surface area contributed by atoms with Gasteiger partial charge >= 0.3 is 0 Å². The number of fused-ring (bicyclic) bond motifs is 1. The third kappa shape index (κ3) is 4.90. The van der Waals surface area contributed by atoms with E-state index in [1.54, 1.807) is 28.0 Å². The highest BCUT2D eigenvalue weighted by molar-refractivity contribution is 6.09. The highest BCUT2D eigenvalue weighted by atomic mass is 19.3. The molecule has 0 radical (unpaired) electrons. The number of carbonyl (C=O) groups excluding carboxylic acids is 1. The van der Waals surface area contributed by atoms with E-state index in [0.717, 1.165) is 16.5 Å². The first-order valence-electron chi connectivity index (χ1n) is 11.4. The highest BCUT2D eigenvalue weighted by Gasteiger charge is 2.33. The second kappa shape index (κ2) is 9.21. The van der Waals surface area contributed by atoms with Crippen LogP contribution in [0.25, 0.3) is 10.9 Å². The van der Waals surface area contributed by atoms with Gasteiger partial charge in [-0.1, -0.05) is 48.5 Å². The van der Waals surface area contributed by atoms with Gasteiger partial charge in [-0.3, -0.25) is 9.48 Å². The van der Waals surface area contributed by atoms with Crippen molar-refractivity contribution < 1.29 is 13.6 Å². The lowest BCUT2D eigenvalue weighted by Gasteiger charge is -2.24. The summed E-state index contributed by atoms with van der Waals surface area (Å²) in [6.45, 7) is 1.16. The summed E-state index contributed by atoms with van der Waals surface area (Å²) in [5, 5.41) is 8.06. The van der Waals surface area contributed by atoms with Crippen molar-refractivity contribution in [1.82, 2.24) is 14.8 Å². The Balaban J connectivity index is 1.42. The van der Waals surface area contributed by atoms with Crippen molar-refractivity contribution in [3.63, 3.8) is 0 Å². The Labute approximate surface area is 196 Å². The number of carbonyl (C=O) groups is 1. The quantitative estimate of drug-likeness (QED) is 0.435. The van der Waals surface area contributed by atoms with Crippen LogP contribution in [0.2, 0.25) is 0 Å². The van der Waals surface area contributed by atoms with Crippen LogP contribution in [0.3, 0.4) is 0 Å². The van der Waals surface area contributed by atoms with Gasteiger partial charge in [0, 0.05) is 37.5 Å². The second-order valence-electron chi connectivity index (χ2n) is 8.62. The average molecular weight is 462 g/mol. The Kier molecular flexibility index (Phi) is 5.96. The predicted octanol–water partition coefficient (Wildman–Crippen LogP) is 5.36. The topological polar surface area (TPSA) is 63.1 Å². The molecule has 8 heteroatoms. The summed E-state index contributed by atoms with van der Waals surface area (Å²) < 4.78 is 29.7. The average Bonchev–Trinajstić information content (AvgIpc) is 3.18. The number of rotatable bonds is 5. The lowest BCUT2D eigenvalue weighted by atomic mass is 10.1. The number of halogens is 2. The van der Waals surface area contributed by atoms with E-state index in [-0.39, 0.29) is 25.3 Å². The fourth-order valence-electron chi connectivity index (χ4n) is 4.27. The summed E-state index contributed by atoms with van der Waals surface area (Å²) in [7, 11) is 0. The van der Waals surface area contributed by atoms with Crippen molar-refractivity contribution in [2.75, 3.05) is 23.3 Å². The van der Waals surface area contributed by atoms with Crippen LogP contribution < -0.4 is 10.2 Å². The van der Waals surface area contributed by atoms with Crippen LogP contribution in [0.15, 0.2) is 73.1 Å². The lowest BCUT2D eigenvalue weighted by molar-refractivity contribution is -0.0102. The Morgan fingerprint density at radius 3 is 2.68 bits per heavy atom. The SMILES string of the molecule is O=C(Nc1cnn(Cc2ccccc2)c1)c1cc2ccccc2nc1N1CCCC(F)(F)CC1. The molecule has 1 aliphatic heterocycles. The summed E-state index contributed by atoms with van der Waals surface area (Å²) in [6, 6.07) is 19.2. The minimum Gasteiger partial charge on any atom is -0.356 e. The minimum atomic E-state index is -2.69. The number of nitrogens with one attached hydrogen (secondary N) is 1. The van der Waals surface area contributed by atoms with Crippen LogP contribution in [0.5, 0.6) is 0 Å². The van der Waals surface area contributed by atoms with Crippen molar-refractivity contribution in [1.29, 1.82) is 0 Å². The molecule has 0 bridgehead atoms. The maximum absolute atomic E-state index is 14.0. The maximum Gasteiger partial charge on any atom is 0.259 e. The van der Waals surface area contributed by atoms with Crippen LogP contribution in [0.4, 0.5) is 20.3 Å².